The Morgan fingerprint density at radius 1 is 1.53 bits per heavy atom. The summed E-state index contributed by atoms with van der Waals surface area (Å²) in [5, 5.41) is 11.1. The number of aryl methyl sites for hydroxylation is 1. The summed E-state index contributed by atoms with van der Waals surface area (Å²) in [6, 6.07) is 5.68. The second kappa shape index (κ2) is 4.97. The minimum Gasteiger partial charge on any atom is -0.440 e. The number of oxazole rings is 1. The second-order valence-corrected chi connectivity index (χ2v) is 3.83. The fraction of sp³-hybridized carbons (Fsp3) is 0.333. The molecule has 0 unspecified atom stereocenters. The third-order valence-electron chi connectivity index (χ3n) is 2.33. The molecular formula is C12H14N2O3. The lowest BCUT2D eigenvalue weighted by molar-refractivity contribution is -0.120. The van der Waals surface area contributed by atoms with Crippen molar-refractivity contribution in [1.82, 2.24) is 10.3 Å². The largest absolute Gasteiger partial charge is 0.440 e. The normalized spacial score (nSPS) is 10.7. The number of carbonyl (C=O) groups excluding carboxylic acids is 1. The highest BCUT2D eigenvalue weighted by Gasteiger charge is 2.10. The van der Waals surface area contributed by atoms with Gasteiger partial charge in [0.1, 0.15) is 11.9 Å². The highest BCUT2D eigenvalue weighted by molar-refractivity contribution is 5.79. The van der Waals surface area contributed by atoms with Crippen LogP contribution in [0.3, 0.4) is 0 Å². The van der Waals surface area contributed by atoms with E-state index >= 15 is 0 Å². The topological polar surface area (TPSA) is 75.4 Å². The molecule has 5 heteroatoms. The van der Waals surface area contributed by atoms with Gasteiger partial charge >= 0.3 is 0 Å². The van der Waals surface area contributed by atoms with Crippen LogP contribution in [0.15, 0.2) is 22.6 Å². The number of rotatable bonds is 4. The van der Waals surface area contributed by atoms with Gasteiger partial charge in [0, 0.05) is 6.54 Å². The van der Waals surface area contributed by atoms with Crippen molar-refractivity contribution in [2.24, 2.45) is 0 Å². The number of aliphatic hydroxyl groups excluding tert-OH is 1. The average Bonchev–Trinajstić information content (AvgIpc) is 2.67. The molecule has 0 spiro atoms. The van der Waals surface area contributed by atoms with E-state index in [0.29, 0.717) is 11.5 Å². The maximum atomic E-state index is 11.4. The van der Waals surface area contributed by atoms with Gasteiger partial charge in [0.25, 0.3) is 0 Å². The van der Waals surface area contributed by atoms with Gasteiger partial charge in [0.05, 0.1) is 6.61 Å². The van der Waals surface area contributed by atoms with E-state index in [1.807, 2.05) is 25.1 Å². The zero-order valence-electron chi connectivity index (χ0n) is 9.56. The number of hydrogen-bond acceptors (Lipinski definition) is 4. The summed E-state index contributed by atoms with van der Waals surface area (Å²) in [4.78, 5) is 15.6. The van der Waals surface area contributed by atoms with E-state index in [2.05, 4.69) is 10.3 Å². The number of hydrogen-bond donors (Lipinski definition) is 2. The van der Waals surface area contributed by atoms with Gasteiger partial charge in [0.15, 0.2) is 5.58 Å². The average molecular weight is 234 g/mol. The molecule has 17 heavy (non-hydrogen) atoms. The third kappa shape index (κ3) is 2.82. The number of aromatic nitrogens is 1. The molecule has 0 atom stereocenters. The van der Waals surface area contributed by atoms with Crippen LogP contribution in [0, 0.1) is 6.92 Å². The zero-order valence-corrected chi connectivity index (χ0v) is 9.56. The first kappa shape index (κ1) is 11.6. The number of carbonyl (C=O) groups is 1. The molecule has 0 fully saturated rings. The first-order valence-corrected chi connectivity index (χ1v) is 5.42. The Bertz CT molecular complexity index is 534. The summed E-state index contributed by atoms with van der Waals surface area (Å²) >= 11 is 0. The van der Waals surface area contributed by atoms with Crippen molar-refractivity contribution in [3.8, 4) is 0 Å². The molecule has 2 N–H and O–H groups in total. The first-order chi connectivity index (χ1) is 8.19. The van der Waals surface area contributed by atoms with E-state index < -0.39 is 0 Å². The zero-order chi connectivity index (χ0) is 12.3. The molecule has 0 saturated carbocycles. The summed E-state index contributed by atoms with van der Waals surface area (Å²) in [6.07, 6.45) is 0.0910. The quantitative estimate of drug-likeness (QED) is 0.820. The molecule has 90 valence electrons. The molecule has 0 aliphatic rings. The molecule has 0 aliphatic heterocycles. The maximum absolute atomic E-state index is 11.4. The Hall–Kier alpha value is -1.88. The number of fused-ring (bicyclic) bond motifs is 1. The number of nitrogens with one attached hydrogen (secondary N) is 1. The molecule has 0 aliphatic carbocycles. The third-order valence-corrected chi connectivity index (χ3v) is 2.33. The fourth-order valence-corrected chi connectivity index (χ4v) is 1.56. The Labute approximate surface area is 98.5 Å². The Morgan fingerprint density at radius 3 is 3.12 bits per heavy atom. The van der Waals surface area contributed by atoms with Gasteiger partial charge in [-0.2, -0.15) is 0 Å². The Balaban J connectivity index is 2.11. The summed E-state index contributed by atoms with van der Waals surface area (Å²) in [5.74, 6) is 0.184. The van der Waals surface area contributed by atoms with Crippen LogP contribution in [0.25, 0.3) is 11.1 Å². The van der Waals surface area contributed by atoms with Crippen molar-refractivity contribution in [3.05, 3.63) is 29.7 Å². The molecule has 2 aromatic rings. The van der Waals surface area contributed by atoms with Gasteiger partial charge in [-0.25, -0.2) is 4.98 Å². The van der Waals surface area contributed by atoms with Crippen LogP contribution in [0.2, 0.25) is 0 Å². The van der Waals surface area contributed by atoms with Gasteiger partial charge in [-0.1, -0.05) is 6.07 Å². The van der Waals surface area contributed by atoms with Gasteiger partial charge < -0.3 is 14.8 Å². The van der Waals surface area contributed by atoms with Crippen molar-refractivity contribution in [2.45, 2.75) is 13.3 Å². The van der Waals surface area contributed by atoms with E-state index in [9.17, 15) is 4.79 Å². The first-order valence-electron chi connectivity index (χ1n) is 5.42. The maximum Gasteiger partial charge on any atom is 0.229 e. The standard InChI is InChI=1S/C12H14N2O3/c1-8-2-3-10-9(6-8)14-12(17-10)7-11(16)13-4-5-15/h2-3,6,15H,4-5,7H2,1H3,(H,13,16). The summed E-state index contributed by atoms with van der Waals surface area (Å²) < 4.78 is 5.44. The number of amides is 1. The van der Waals surface area contributed by atoms with Crippen molar-refractivity contribution < 1.29 is 14.3 Å². The molecule has 0 bridgehead atoms. The fourth-order valence-electron chi connectivity index (χ4n) is 1.56. The van der Waals surface area contributed by atoms with Crippen molar-refractivity contribution >= 4 is 17.0 Å². The molecule has 1 aromatic carbocycles. The van der Waals surface area contributed by atoms with E-state index in [0.717, 1.165) is 11.1 Å². The molecule has 1 heterocycles. The van der Waals surface area contributed by atoms with E-state index in [4.69, 9.17) is 9.52 Å². The summed E-state index contributed by atoms with van der Waals surface area (Å²) in [5.41, 5.74) is 2.54. The minimum atomic E-state index is -0.206. The molecule has 5 nitrogen and oxygen atoms in total. The predicted molar refractivity (Wildman–Crippen MR) is 62.5 cm³/mol. The molecule has 0 saturated heterocycles. The van der Waals surface area contributed by atoms with E-state index in [1.165, 1.54) is 0 Å². The molecule has 2 rings (SSSR count). The molecule has 1 aromatic heterocycles. The van der Waals surface area contributed by atoms with Crippen molar-refractivity contribution in [1.29, 1.82) is 0 Å². The van der Waals surface area contributed by atoms with Gasteiger partial charge in [-0.3, -0.25) is 4.79 Å². The lowest BCUT2D eigenvalue weighted by atomic mass is 10.2. The summed E-state index contributed by atoms with van der Waals surface area (Å²) in [7, 11) is 0. The van der Waals surface area contributed by atoms with Crippen LogP contribution in [-0.4, -0.2) is 29.1 Å². The van der Waals surface area contributed by atoms with Crippen LogP contribution in [0.1, 0.15) is 11.5 Å². The highest BCUT2D eigenvalue weighted by atomic mass is 16.3. The van der Waals surface area contributed by atoms with Crippen LogP contribution < -0.4 is 5.32 Å². The minimum absolute atomic E-state index is 0.0709. The lowest BCUT2D eigenvalue weighted by Crippen LogP contribution is -2.27. The Kier molecular flexibility index (Phi) is 3.39. The van der Waals surface area contributed by atoms with Crippen LogP contribution in [0.4, 0.5) is 0 Å². The summed E-state index contributed by atoms with van der Waals surface area (Å²) in [6.45, 7) is 2.15. The smallest absolute Gasteiger partial charge is 0.229 e. The number of nitrogens with zero attached hydrogens (tertiary/aromatic N) is 1. The molecular weight excluding hydrogens is 220 g/mol. The van der Waals surface area contributed by atoms with Gasteiger partial charge in [-0.15, -0.1) is 0 Å². The number of aliphatic hydroxyl groups is 1. The lowest BCUT2D eigenvalue weighted by Gasteiger charge is -1.99. The van der Waals surface area contributed by atoms with Crippen LogP contribution in [-0.2, 0) is 11.2 Å². The SMILES string of the molecule is Cc1ccc2oc(CC(=O)NCCO)nc2c1. The van der Waals surface area contributed by atoms with Crippen molar-refractivity contribution in [2.75, 3.05) is 13.2 Å². The second-order valence-electron chi connectivity index (χ2n) is 3.83. The van der Waals surface area contributed by atoms with Gasteiger partial charge in [-0.05, 0) is 24.6 Å². The Morgan fingerprint density at radius 2 is 2.35 bits per heavy atom. The predicted octanol–water partition coefficient (Wildman–Crippen LogP) is 0.787. The van der Waals surface area contributed by atoms with E-state index in [1.54, 1.807) is 0 Å². The monoisotopic (exact) mass is 234 g/mol. The highest BCUT2D eigenvalue weighted by Crippen LogP contribution is 2.16. The van der Waals surface area contributed by atoms with Gasteiger partial charge in [0.2, 0.25) is 11.8 Å². The van der Waals surface area contributed by atoms with Crippen molar-refractivity contribution in [3.63, 3.8) is 0 Å². The van der Waals surface area contributed by atoms with Crippen LogP contribution in [0.5, 0.6) is 0 Å². The molecule has 1 amide bonds. The van der Waals surface area contributed by atoms with Crippen LogP contribution >= 0.6 is 0 Å². The number of benzene rings is 1. The van der Waals surface area contributed by atoms with E-state index in [-0.39, 0.29) is 25.5 Å². The molecule has 0 radical (unpaired) electrons.